The molecule has 2 aliphatic rings. The van der Waals surface area contributed by atoms with Gasteiger partial charge in [-0.2, -0.15) is 15.6 Å². The fourth-order valence-corrected chi connectivity index (χ4v) is 5.36. The zero-order valence-electron chi connectivity index (χ0n) is 19.7. The maximum atomic E-state index is 12.5. The van der Waals surface area contributed by atoms with Crippen molar-refractivity contribution in [2.24, 2.45) is 0 Å². The van der Waals surface area contributed by atoms with Crippen molar-refractivity contribution in [1.82, 2.24) is 15.1 Å². The van der Waals surface area contributed by atoms with Gasteiger partial charge >= 0.3 is 0 Å². The highest BCUT2D eigenvalue weighted by Gasteiger charge is 2.33. The lowest BCUT2D eigenvalue weighted by Gasteiger charge is -2.41. The highest BCUT2D eigenvalue weighted by atomic mass is 16.2. The number of carbonyl (C=O) groups is 1. The van der Waals surface area contributed by atoms with Crippen LogP contribution in [0.15, 0.2) is 48.6 Å². The molecule has 1 saturated heterocycles. The summed E-state index contributed by atoms with van der Waals surface area (Å²) >= 11 is 0. The van der Waals surface area contributed by atoms with Crippen LogP contribution in [0.25, 0.3) is 10.8 Å². The number of piperazine rings is 1. The summed E-state index contributed by atoms with van der Waals surface area (Å²) in [6.07, 6.45) is 3.57. The van der Waals surface area contributed by atoms with Crippen molar-refractivity contribution in [1.29, 1.82) is 10.5 Å². The fourth-order valence-electron chi connectivity index (χ4n) is 5.36. The highest BCUT2D eigenvalue weighted by Crippen LogP contribution is 2.35. The highest BCUT2D eigenvalue weighted by molar-refractivity contribution is 5.97. The molecule has 8 nitrogen and oxygen atoms in total. The molecule has 5 rings (SSSR count). The number of nitriles is 2. The largest absolute Gasteiger partial charge is 0.365 e. The summed E-state index contributed by atoms with van der Waals surface area (Å²) in [5.41, 5.74) is 4.85. The van der Waals surface area contributed by atoms with Gasteiger partial charge in [0, 0.05) is 55.0 Å². The molecule has 176 valence electrons. The molecule has 2 aromatic carbocycles. The molecule has 1 amide bonds. The van der Waals surface area contributed by atoms with E-state index in [0.717, 1.165) is 31.0 Å². The summed E-state index contributed by atoms with van der Waals surface area (Å²) in [7, 11) is 0. The first-order valence-corrected chi connectivity index (χ1v) is 11.9. The molecule has 0 bridgehead atoms. The van der Waals surface area contributed by atoms with E-state index < -0.39 is 0 Å². The molecule has 1 aromatic heterocycles. The number of benzene rings is 2. The van der Waals surface area contributed by atoms with Crippen LogP contribution in [-0.2, 0) is 17.8 Å². The Hall–Kier alpha value is -4.30. The molecule has 1 fully saturated rings. The van der Waals surface area contributed by atoms with Crippen LogP contribution >= 0.6 is 0 Å². The van der Waals surface area contributed by atoms with Crippen LogP contribution in [0.5, 0.6) is 0 Å². The van der Waals surface area contributed by atoms with Crippen LogP contribution in [0, 0.1) is 29.6 Å². The van der Waals surface area contributed by atoms with E-state index in [2.05, 4.69) is 69.4 Å². The van der Waals surface area contributed by atoms with Crippen molar-refractivity contribution in [2.45, 2.75) is 32.4 Å². The summed E-state index contributed by atoms with van der Waals surface area (Å²) < 4.78 is 0. The molecule has 0 saturated carbocycles. The first-order valence-electron chi connectivity index (χ1n) is 11.9. The first-order chi connectivity index (χ1) is 17.1. The Morgan fingerprint density at radius 2 is 2.00 bits per heavy atom. The van der Waals surface area contributed by atoms with Crippen molar-refractivity contribution in [3.63, 3.8) is 0 Å². The average Bonchev–Trinajstić information content (AvgIpc) is 3.30. The molecule has 1 N–H and O–H groups in total. The zero-order valence-corrected chi connectivity index (χ0v) is 19.7. The molecule has 35 heavy (non-hydrogen) atoms. The van der Waals surface area contributed by atoms with Crippen LogP contribution in [0.3, 0.4) is 0 Å². The van der Waals surface area contributed by atoms with Gasteiger partial charge in [-0.3, -0.25) is 9.89 Å². The van der Waals surface area contributed by atoms with E-state index in [9.17, 15) is 10.1 Å². The van der Waals surface area contributed by atoms with Crippen molar-refractivity contribution in [3.05, 3.63) is 65.4 Å². The van der Waals surface area contributed by atoms with Gasteiger partial charge in [0.15, 0.2) is 5.82 Å². The SMILES string of the molecule is Cc1cccc2cccc(N3CCc4c(N5CCN(C(=O)/C=C\C#N)[C@@H](CC#N)C5)n[nH]c4C3)c12. The zero-order chi connectivity index (χ0) is 24.4. The molecule has 0 aliphatic carbocycles. The van der Waals surface area contributed by atoms with Crippen LogP contribution in [-0.4, -0.2) is 53.2 Å². The summed E-state index contributed by atoms with van der Waals surface area (Å²) in [6.45, 7) is 5.49. The smallest absolute Gasteiger partial charge is 0.247 e. The molecule has 0 spiro atoms. The lowest BCUT2D eigenvalue weighted by molar-refractivity contribution is -0.128. The number of allylic oxidation sites excluding steroid dienone is 1. The van der Waals surface area contributed by atoms with Crippen molar-refractivity contribution < 1.29 is 4.79 Å². The molecule has 2 aliphatic heterocycles. The second kappa shape index (κ2) is 9.52. The number of aryl methyl sites for hydroxylation is 1. The van der Waals surface area contributed by atoms with Gasteiger partial charge < -0.3 is 14.7 Å². The first kappa shape index (κ1) is 22.5. The molecule has 0 unspecified atom stereocenters. The summed E-state index contributed by atoms with van der Waals surface area (Å²) in [5.74, 6) is 0.702. The third-order valence-corrected chi connectivity index (χ3v) is 7.04. The van der Waals surface area contributed by atoms with Gasteiger partial charge in [-0.25, -0.2) is 0 Å². The van der Waals surface area contributed by atoms with E-state index in [1.165, 1.54) is 39.7 Å². The van der Waals surface area contributed by atoms with Crippen molar-refractivity contribution >= 4 is 28.2 Å². The van der Waals surface area contributed by atoms with Crippen LogP contribution in [0.4, 0.5) is 11.5 Å². The summed E-state index contributed by atoms with van der Waals surface area (Å²) in [4.78, 5) is 18.8. The summed E-state index contributed by atoms with van der Waals surface area (Å²) in [6, 6.07) is 16.7. The van der Waals surface area contributed by atoms with E-state index in [4.69, 9.17) is 5.26 Å². The number of fused-ring (bicyclic) bond motifs is 2. The minimum atomic E-state index is -0.240. The Morgan fingerprint density at radius 1 is 1.17 bits per heavy atom. The normalized spacial score (nSPS) is 17.9. The van der Waals surface area contributed by atoms with Gasteiger partial charge in [0.25, 0.3) is 0 Å². The molecule has 0 radical (unpaired) electrons. The number of aromatic amines is 1. The van der Waals surface area contributed by atoms with Crippen LogP contribution in [0.1, 0.15) is 23.2 Å². The average molecular weight is 466 g/mol. The number of nitrogens with zero attached hydrogens (tertiary/aromatic N) is 6. The maximum Gasteiger partial charge on any atom is 0.247 e. The van der Waals surface area contributed by atoms with Gasteiger partial charge in [-0.15, -0.1) is 0 Å². The molecular weight excluding hydrogens is 438 g/mol. The molecule has 3 aromatic rings. The number of aromatic nitrogens is 2. The van der Waals surface area contributed by atoms with Crippen molar-refractivity contribution in [2.75, 3.05) is 36.0 Å². The Balaban J connectivity index is 1.36. The van der Waals surface area contributed by atoms with E-state index in [1.54, 1.807) is 4.90 Å². The fraction of sp³-hybridized carbons (Fsp3) is 0.333. The number of hydrogen-bond acceptors (Lipinski definition) is 6. The molecule has 8 heteroatoms. The van der Waals surface area contributed by atoms with E-state index in [1.807, 2.05) is 6.07 Å². The third-order valence-electron chi connectivity index (χ3n) is 7.04. The lowest BCUT2D eigenvalue weighted by atomic mass is 10.00. The Bertz CT molecular complexity index is 1370. The van der Waals surface area contributed by atoms with Crippen LogP contribution < -0.4 is 9.80 Å². The standard InChI is InChI=1S/C27H27N7O/c1-19-5-2-6-20-7-3-8-24(26(19)20)32-14-11-22-23(18-32)30-31-27(22)33-15-16-34(21(17-33)10-13-29)25(35)9-4-12-28/h2-9,21H,10-11,14-18H2,1H3,(H,30,31)/b9-4-/t21-/m0/s1. The summed E-state index contributed by atoms with van der Waals surface area (Å²) in [5, 5.41) is 28.6. The van der Waals surface area contributed by atoms with E-state index in [-0.39, 0.29) is 18.4 Å². The van der Waals surface area contributed by atoms with Gasteiger partial charge in [0.05, 0.1) is 36.8 Å². The Morgan fingerprint density at radius 3 is 2.80 bits per heavy atom. The number of nitrogens with one attached hydrogen (secondary N) is 1. The molecule has 3 heterocycles. The monoisotopic (exact) mass is 465 g/mol. The Labute approximate surface area is 204 Å². The van der Waals surface area contributed by atoms with Crippen LogP contribution in [0.2, 0.25) is 0 Å². The number of rotatable bonds is 4. The minimum absolute atomic E-state index is 0.225. The number of hydrogen-bond donors (Lipinski definition) is 1. The maximum absolute atomic E-state index is 12.5. The number of amides is 1. The molecule has 1 atom stereocenters. The third kappa shape index (κ3) is 4.20. The second-order valence-electron chi connectivity index (χ2n) is 9.08. The van der Waals surface area contributed by atoms with Gasteiger partial charge in [0.2, 0.25) is 5.91 Å². The number of H-pyrrole nitrogens is 1. The minimum Gasteiger partial charge on any atom is -0.365 e. The lowest BCUT2D eigenvalue weighted by Crippen LogP contribution is -2.55. The predicted molar refractivity (Wildman–Crippen MR) is 135 cm³/mol. The van der Waals surface area contributed by atoms with E-state index >= 15 is 0 Å². The second-order valence-corrected chi connectivity index (χ2v) is 9.08. The van der Waals surface area contributed by atoms with Gasteiger partial charge in [-0.05, 0) is 30.4 Å². The quantitative estimate of drug-likeness (QED) is 0.468. The topological polar surface area (TPSA) is 103 Å². The van der Waals surface area contributed by atoms with Crippen molar-refractivity contribution in [3.8, 4) is 12.1 Å². The predicted octanol–water partition coefficient (Wildman–Crippen LogP) is 3.44. The van der Waals surface area contributed by atoms with Gasteiger partial charge in [0.1, 0.15) is 0 Å². The van der Waals surface area contributed by atoms with E-state index in [0.29, 0.717) is 19.6 Å². The number of anilines is 2. The molecular formula is C27H27N7O. The number of carbonyl (C=O) groups excluding carboxylic acids is 1. The Kier molecular flexibility index (Phi) is 6.12. The van der Waals surface area contributed by atoms with Gasteiger partial charge in [-0.1, -0.05) is 30.3 Å².